The zero-order chi connectivity index (χ0) is 18.2. The largest absolute Gasteiger partial charge is 0.391 e. The molecule has 143 valence electrons. The fourth-order valence-electron chi connectivity index (χ4n) is 2.97. The van der Waals surface area contributed by atoms with Crippen LogP contribution in [0.5, 0.6) is 0 Å². The minimum atomic E-state index is -0.839. The summed E-state index contributed by atoms with van der Waals surface area (Å²) in [6, 6.07) is 0. The standard InChI is InChI=1S/C6H11NO4.3C4H9.Sn/c8-5-3-1-2-4-6(5)11-7(9)10;3*1-3-4-2;/h5-6,8H,1-4H2;3*1,3-4H2,2H3;/t5-,6-;;;;/m1..../s1. The van der Waals surface area contributed by atoms with Gasteiger partial charge < -0.3 is 9.94 Å². The Labute approximate surface area is 155 Å². The van der Waals surface area contributed by atoms with Gasteiger partial charge in [0, 0.05) is 0 Å². The molecule has 24 heavy (non-hydrogen) atoms. The third-order valence-corrected chi connectivity index (χ3v) is 13.6. The quantitative estimate of drug-likeness (QED) is 0.260. The average Bonchev–Trinajstić information content (AvgIpc) is 2.56. The Balaban J connectivity index is 0.000000446. The van der Waals surface area contributed by atoms with Crippen molar-refractivity contribution in [3.05, 3.63) is 10.1 Å². The van der Waals surface area contributed by atoms with E-state index in [1.165, 1.54) is 38.5 Å². The molecule has 0 aromatic rings. The Kier molecular flexibility index (Phi) is 16.4. The summed E-state index contributed by atoms with van der Waals surface area (Å²) in [6.45, 7) is 7.00. The Bertz CT molecular complexity index is 286. The maximum absolute atomic E-state index is 9.89. The zero-order valence-corrected chi connectivity index (χ0v) is 18.8. The van der Waals surface area contributed by atoms with Crippen LogP contribution in [-0.4, -0.2) is 42.2 Å². The third-order valence-electron chi connectivity index (χ3n) is 4.54. The molecule has 0 spiro atoms. The molecule has 5 nitrogen and oxygen atoms in total. The predicted molar refractivity (Wildman–Crippen MR) is 101 cm³/mol. The molecule has 2 atom stereocenters. The second-order valence-electron chi connectivity index (χ2n) is 6.78. The van der Waals surface area contributed by atoms with Crippen molar-refractivity contribution in [2.75, 3.05) is 0 Å². The minimum absolute atomic E-state index is 0.585. The van der Waals surface area contributed by atoms with Crippen molar-refractivity contribution in [3.8, 4) is 0 Å². The number of hydrogen-bond acceptors (Lipinski definition) is 4. The van der Waals surface area contributed by atoms with E-state index in [-0.39, 0.29) is 0 Å². The van der Waals surface area contributed by atoms with Gasteiger partial charge in [0.15, 0.2) is 0 Å². The van der Waals surface area contributed by atoms with Gasteiger partial charge in [0.05, 0.1) is 6.10 Å². The van der Waals surface area contributed by atoms with Crippen LogP contribution in [-0.2, 0) is 4.84 Å². The van der Waals surface area contributed by atoms with Gasteiger partial charge >= 0.3 is 92.4 Å². The first kappa shape index (κ1) is 24.0. The van der Waals surface area contributed by atoms with Crippen molar-refractivity contribution in [2.24, 2.45) is 0 Å². The predicted octanol–water partition coefficient (Wildman–Crippen LogP) is 5.38. The molecule has 0 heterocycles. The van der Waals surface area contributed by atoms with Gasteiger partial charge in [-0.25, -0.2) is 0 Å². The Hall–Kier alpha value is -0.0413. The van der Waals surface area contributed by atoms with Crippen LogP contribution in [0.1, 0.15) is 85.0 Å². The molecule has 1 aliphatic carbocycles. The van der Waals surface area contributed by atoms with Crippen LogP contribution in [0.2, 0.25) is 13.3 Å². The van der Waals surface area contributed by atoms with Crippen LogP contribution in [0.25, 0.3) is 0 Å². The first-order valence-corrected chi connectivity index (χ1v) is 15.9. The van der Waals surface area contributed by atoms with Gasteiger partial charge in [0.25, 0.3) is 5.09 Å². The summed E-state index contributed by atoms with van der Waals surface area (Å²) in [4.78, 5) is 14.2. The Morgan fingerprint density at radius 2 is 1.46 bits per heavy atom. The van der Waals surface area contributed by atoms with Gasteiger partial charge in [0.1, 0.15) is 6.10 Å². The van der Waals surface area contributed by atoms with Crippen molar-refractivity contribution in [2.45, 2.75) is 110 Å². The van der Waals surface area contributed by atoms with Crippen molar-refractivity contribution in [1.82, 2.24) is 0 Å². The molecular formula is C18H38NO4Sn. The third kappa shape index (κ3) is 13.3. The molecule has 6 heteroatoms. The Morgan fingerprint density at radius 1 is 1.00 bits per heavy atom. The summed E-state index contributed by atoms with van der Waals surface area (Å²) in [5, 5.41) is 18.2. The number of aliphatic hydroxyl groups excluding tert-OH is 1. The SMILES string of the molecule is CCC[CH2][Sn]([CH2]CCC)[CH2]CCC.O=[N+]([O-])O[C@@H]1CCCC[C@H]1O. The van der Waals surface area contributed by atoms with Crippen molar-refractivity contribution in [3.63, 3.8) is 0 Å². The normalized spacial score (nSPS) is 20.4. The molecule has 0 saturated heterocycles. The van der Waals surface area contributed by atoms with Gasteiger partial charge in [-0.15, -0.1) is 10.1 Å². The molecule has 1 N–H and O–H groups in total. The molecule has 1 fully saturated rings. The average molecular weight is 451 g/mol. The van der Waals surface area contributed by atoms with E-state index in [0.29, 0.717) is 12.8 Å². The van der Waals surface area contributed by atoms with Gasteiger partial charge in [-0.05, 0) is 12.8 Å². The molecule has 0 aromatic heterocycles. The van der Waals surface area contributed by atoms with Crippen LogP contribution in [0, 0.1) is 10.1 Å². The summed E-state index contributed by atoms with van der Waals surface area (Å²) in [6.07, 6.45) is 10.6. The Morgan fingerprint density at radius 3 is 1.83 bits per heavy atom. The monoisotopic (exact) mass is 452 g/mol. The molecule has 0 amide bonds. The summed E-state index contributed by atoms with van der Waals surface area (Å²) >= 11 is -0.839. The van der Waals surface area contributed by atoms with E-state index in [2.05, 4.69) is 25.6 Å². The number of unbranched alkanes of at least 4 members (excludes halogenated alkanes) is 3. The van der Waals surface area contributed by atoms with E-state index in [1.54, 1.807) is 13.3 Å². The maximum atomic E-state index is 9.89. The van der Waals surface area contributed by atoms with Gasteiger partial charge in [0.2, 0.25) is 0 Å². The van der Waals surface area contributed by atoms with Gasteiger partial charge in [-0.2, -0.15) is 0 Å². The number of rotatable bonds is 11. The van der Waals surface area contributed by atoms with Crippen molar-refractivity contribution >= 4 is 19.8 Å². The molecule has 0 bridgehead atoms. The maximum Gasteiger partial charge on any atom is 0.294 e. The molecule has 0 aromatic carbocycles. The number of aliphatic hydroxyl groups is 1. The smallest absolute Gasteiger partial charge is 0.294 e. The van der Waals surface area contributed by atoms with Gasteiger partial charge in [-0.1, -0.05) is 12.8 Å². The fraction of sp³-hybridized carbons (Fsp3) is 1.00. The van der Waals surface area contributed by atoms with E-state index in [9.17, 15) is 15.2 Å². The summed E-state index contributed by atoms with van der Waals surface area (Å²) in [5.74, 6) is 0. The summed E-state index contributed by atoms with van der Waals surface area (Å²) < 4.78 is 5.04. The second-order valence-corrected chi connectivity index (χ2v) is 15.3. The van der Waals surface area contributed by atoms with Crippen LogP contribution >= 0.6 is 0 Å². The molecular weight excluding hydrogens is 413 g/mol. The van der Waals surface area contributed by atoms with Crippen LogP contribution in [0.3, 0.4) is 0 Å². The molecule has 1 saturated carbocycles. The van der Waals surface area contributed by atoms with Crippen molar-refractivity contribution < 1.29 is 15.0 Å². The van der Waals surface area contributed by atoms with Crippen LogP contribution < -0.4 is 0 Å². The first-order valence-electron chi connectivity index (χ1n) is 9.87. The van der Waals surface area contributed by atoms with E-state index >= 15 is 0 Å². The summed E-state index contributed by atoms with van der Waals surface area (Å²) in [5.41, 5.74) is 0. The van der Waals surface area contributed by atoms with E-state index in [1.807, 2.05) is 0 Å². The van der Waals surface area contributed by atoms with Crippen molar-refractivity contribution in [1.29, 1.82) is 0 Å². The van der Waals surface area contributed by atoms with Gasteiger partial charge in [-0.3, -0.25) is 0 Å². The second kappa shape index (κ2) is 16.4. The van der Waals surface area contributed by atoms with E-state index < -0.39 is 37.1 Å². The molecule has 0 aliphatic heterocycles. The summed E-state index contributed by atoms with van der Waals surface area (Å²) in [7, 11) is 0. The molecule has 1 aliphatic rings. The van der Waals surface area contributed by atoms with Crippen LogP contribution in [0.15, 0.2) is 0 Å². The first-order chi connectivity index (χ1) is 11.5. The number of nitrogens with zero attached hydrogens (tertiary/aromatic N) is 1. The molecule has 0 unspecified atom stereocenters. The molecule has 1 radical (unpaired) electrons. The minimum Gasteiger partial charge on any atom is -0.391 e. The topological polar surface area (TPSA) is 72.6 Å². The number of hydrogen-bond donors (Lipinski definition) is 1. The van der Waals surface area contributed by atoms with Crippen LogP contribution in [0.4, 0.5) is 0 Å². The van der Waals surface area contributed by atoms with E-state index in [0.717, 1.165) is 12.8 Å². The zero-order valence-electron chi connectivity index (χ0n) is 16.0. The molecule has 1 rings (SSSR count). The van der Waals surface area contributed by atoms with E-state index in [4.69, 9.17) is 0 Å². The fourth-order valence-corrected chi connectivity index (χ4v) is 12.4.